The van der Waals surface area contributed by atoms with E-state index in [1.54, 1.807) is 18.2 Å². The average molecular weight is 282 g/mol. The van der Waals surface area contributed by atoms with Crippen LogP contribution in [0.2, 0.25) is 0 Å². The molecule has 108 valence electrons. The number of esters is 1. The molecule has 4 heteroatoms. The topological polar surface area (TPSA) is 78.3 Å². The van der Waals surface area contributed by atoms with Gasteiger partial charge in [0.2, 0.25) is 0 Å². The molecule has 0 bridgehead atoms. The van der Waals surface area contributed by atoms with Crippen molar-refractivity contribution in [2.45, 2.75) is 6.42 Å². The molecule has 0 radical (unpaired) electrons. The minimum Gasteiger partial charge on any atom is -0.462 e. The molecule has 0 aliphatic carbocycles. The molecule has 0 spiro atoms. The zero-order chi connectivity index (χ0) is 15.2. The Morgan fingerprint density at radius 3 is 2.52 bits per heavy atom. The minimum absolute atomic E-state index is 0.234. The normalized spacial score (nSPS) is 10.1. The summed E-state index contributed by atoms with van der Waals surface area (Å²) in [6.45, 7) is 4.00. The van der Waals surface area contributed by atoms with Crippen LogP contribution >= 0.6 is 0 Å². The minimum atomic E-state index is -0.427. The fourth-order valence-electron chi connectivity index (χ4n) is 1.94. The van der Waals surface area contributed by atoms with Crippen LogP contribution in [0, 0.1) is 0 Å². The van der Waals surface area contributed by atoms with Gasteiger partial charge >= 0.3 is 5.97 Å². The van der Waals surface area contributed by atoms with Crippen LogP contribution in [0.15, 0.2) is 55.1 Å². The van der Waals surface area contributed by atoms with Gasteiger partial charge < -0.3 is 16.2 Å². The van der Waals surface area contributed by atoms with Gasteiger partial charge in [-0.15, -0.1) is 0 Å². The molecule has 4 N–H and O–H groups in total. The number of ether oxygens (including phenoxy) is 1. The van der Waals surface area contributed by atoms with E-state index in [1.165, 1.54) is 0 Å². The summed E-state index contributed by atoms with van der Waals surface area (Å²) in [6.07, 6.45) is 0.519. The Kier molecular flexibility index (Phi) is 4.61. The third kappa shape index (κ3) is 3.86. The van der Waals surface area contributed by atoms with E-state index in [4.69, 9.17) is 16.2 Å². The lowest BCUT2D eigenvalue weighted by atomic mass is 10.1. The first-order valence-electron chi connectivity index (χ1n) is 6.63. The van der Waals surface area contributed by atoms with Crippen molar-refractivity contribution in [1.82, 2.24) is 0 Å². The highest BCUT2D eigenvalue weighted by Gasteiger charge is 2.10. The summed E-state index contributed by atoms with van der Waals surface area (Å²) in [4.78, 5) is 11.9. The van der Waals surface area contributed by atoms with Gasteiger partial charge in [0.1, 0.15) is 0 Å². The SMILES string of the molecule is C=C(C(=O)OCCc1cc(N)ccc1N)c1ccccc1. The second-order valence-electron chi connectivity index (χ2n) is 4.69. The first kappa shape index (κ1) is 14.7. The molecular formula is C17H18N2O2. The van der Waals surface area contributed by atoms with E-state index >= 15 is 0 Å². The van der Waals surface area contributed by atoms with Gasteiger partial charge in [-0.3, -0.25) is 0 Å². The van der Waals surface area contributed by atoms with Crippen molar-refractivity contribution in [2.24, 2.45) is 0 Å². The third-order valence-corrected chi connectivity index (χ3v) is 3.14. The Morgan fingerprint density at radius 1 is 1.10 bits per heavy atom. The van der Waals surface area contributed by atoms with Crippen LogP contribution in [0.5, 0.6) is 0 Å². The zero-order valence-electron chi connectivity index (χ0n) is 11.7. The van der Waals surface area contributed by atoms with Crippen LogP contribution in [0.4, 0.5) is 11.4 Å². The molecule has 0 saturated carbocycles. The van der Waals surface area contributed by atoms with Crippen molar-refractivity contribution in [3.05, 3.63) is 66.2 Å². The number of rotatable bonds is 5. The summed E-state index contributed by atoms with van der Waals surface area (Å²) < 4.78 is 5.22. The number of carbonyl (C=O) groups excluding carboxylic acids is 1. The van der Waals surface area contributed by atoms with Gasteiger partial charge in [0.25, 0.3) is 0 Å². The number of anilines is 2. The molecule has 0 saturated heterocycles. The molecule has 0 heterocycles. The van der Waals surface area contributed by atoms with Crippen LogP contribution < -0.4 is 11.5 Å². The Hall–Kier alpha value is -2.75. The van der Waals surface area contributed by atoms with E-state index in [2.05, 4.69) is 6.58 Å². The summed E-state index contributed by atoms with van der Waals surface area (Å²) in [6, 6.07) is 14.5. The van der Waals surface area contributed by atoms with Crippen LogP contribution in [0.25, 0.3) is 5.57 Å². The number of hydrogen-bond donors (Lipinski definition) is 2. The molecule has 0 amide bonds. The Bertz CT molecular complexity index is 651. The van der Waals surface area contributed by atoms with Crippen molar-refractivity contribution in [3.8, 4) is 0 Å². The second kappa shape index (κ2) is 6.61. The van der Waals surface area contributed by atoms with Gasteiger partial charge in [-0.1, -0.05) is 36.9 Å². The number of hydrogen-bond acceptors (Lipinski definition) is 4. The Labute approximate surface area is 124 Å². The van der Waals surface area contributed by atoms with E-state index in [-0.39, 0.29) is 6.61 Å². The number of carbonyl (C=O) groups is 1. The summed E-state index contributed by atoms with van der Waals surface area (Å²) >= 11 is 0. The van der Waals surface area contributed by atoms with Gasteiger partial charge in [-0.2, -0.15) is 0 Å². The van der Waals surface area contributed by atoms with Crippen LogP contribution in [-0.4, -0.2) is 12.6 Å². The summed E-state index contributed by atoms with van der Waals surface area (Å²) in [7, 11) is 0. The van der Waals surface area contributed by atoms with E-state index in [9.17, 15) is 4.79 Å². The molecule has 21 heavy (non-hydrogen) atoms. The largest absolute Gasteiger partial charge is 0.462 e. The predicted molar refractivity (Wildman–Crippen MR) is 85.4 cm³/mol. The number of nitrogens with two attached hydrogens (primary N) is 2. The molecule has 0 fully saturated rings. The Balaban J connectivity index is 1.90. The molecule has 2 aromatic carbocycles. The van der Waals surface area contributed by atoms with Crippen molar-refractivity contribution >= 4 is 22.9 Å². The lowest BCUT2D eigenvalue weighted by Crippen LogP contribution is -2.10. The van der Waals surface area contributed by atoms with E-state index < -0.39 is 5.97 Å². The Morgan fingerprint density at radius 2 is 1.81 bits per heavy atom. The third-order valence-electron chi connectivity index (χ3n) is 3.14. The van der Waals surface area contributed by atoms with Gasteiger partial charge in [0, 0.05) is 17.8 Å². The maximum Gasteiger partial charge on any atom is 0.338 e. The van der Waals surface area contributed by atoms with Crippen molar-refractivity contribution in [1.29, 1.82) is 0 Å². The molecule has 0 unspecified atom stereocenters. The van der Waals surface area contributed by atoms with E-state index in [0.29, 0.717) is 23.4 Å². The zero-order valence-corrected chi connectivity index (χ0v) is 11.7. The molecule has 0 atom stereocenters. The molecule has 4 nitrogen and oxygen atoms in total. The standard InChI is InChI=1S/C17H18N2O2/c1-12(13-5-3-2-4-6-13)17(20)21-10-9-14-11-15(18)7-8-16(14)19/h2-8,11H,1,9-10,18-19H2. The summed E-state index contributed by atoms with van der Waals surface area (Å²) in [5.41, 5.74) is 14.8. The van der Waals surface area contributed by atoms with Gasteiger partial charge in [0.05, 0.1) is 12.2 Å². The lowest BCUT2D eigenvalue weighted by molar-refractivity contribution is -0.136. The van der Waals surface area contributed by atoms with E-state index in [0.717, 1.165) is 11.1 Å². The first-order valence-corrected chi connectivity index (χ1v) is 6.63. The molecule has 2 aromatic rings. The van der Waals surface area contributed by atoms with Gasteiger partial charge in [0.15, 0.2) is 0 Å². The highest BCUT2D eigenvalue weighted by atomic mass is 16.5. The highest BCUT2D eigenvalue weighted by Crippen LogP contribution is 2.17. The van der Waals surface area contributed by atoms with Crippen molar-refractivity contribution in [3.63, 3.8) is 0 Å². The van der Waals surface area contributed by atoms with Gasteiger partial charge in [-0.05, 0) is 29.3 Å². The maximum atomic E-state index is 11.9. The van der Waals surface area contributed by atoms with Gasteiger partial charge in [-0.25, -0.2) is 4.79 Å². The fourth-order valence-corrected chi connectivity index (χ4v) is 1.94. The van der Waals surface area contributed by atoms with Crippen LogP contribution in [0.3, 0.4) is 0 Å². The molecular weight excluding hydrogens is 264 g/mol. The highest BCUT2D eigenvalue weighted by molar-refractivity contribution is 6.15. The molecule has 2 rings (SSSR count). The molecule has 0 aliphatic heterocycles. The average Bonchev–Trinajstić information content (AvgIpc) is 2.50. The van der Waals surface area contributed by atoms with E-state index in [1.807, 2.05) is 30.3 Å². The molecule has 0 aliphatic rings. The predicted octanol–water partition coefficient (Wildman–Crippen LogP) is 2.65. The fraction of sp³-hybridized carbons (Fsp3) is 0.118. The smallest absolute Gasteiger partial charge is 0.338 e. The quantitative estimate of drug-likeness (QED) is 0.502. The first-order chi connectivity index (χ1) is 10.1. The van der Waals surface area contributed by atoms with Crippen molar-refractivity contribution in [2.75, 3.05) is 18.1 Å². The second-order valence-corrected chi connectivity index (χ2v) is 4.69. The summed E-state index contributed by atoms with van der Waals surface area (Å²) in [5.74, 6) is -0.427. The maximum absolute atomic E-state index is 11.9. The van der Waals surface area contributed by atoms with Crippen LogP contribution in [-0.2, 0) is 16.0 Å². The number of nitrogen functional groups attached to an aromatic ring is 2. The lowest BCUT2D eigenvalue weighted by Gasteiger charge is -2.09. The molecule has 0 aromatic heterocycles. The number of benzene rings is 2. The monoisotopic (exact) mass is 282 g/mol. The van der Waals surface area contributed by atoms with Crippen molar-refractivity contribution < 1.29 is 9.53 Å². The van der Waals surface area contributed by atoms with Crippen LogP contribution in [0.1, 0.15) is 11.1 Å². The summed E-state index contributed by atoms with van der Waals surface area (Å²) in [5, 5.41) is 0.